The minimum absolute atomic E-state index is 0.125. The van der Waals surface area contributed by atoms with Crippen LogP contribution in [0.4, 0.5) is 0 Å². The number of aliphatic hydroxyl groups is 1. The molecule has 5 nitrogen and oxygen atoms in total. The molecule has 1 fully saturated rings. The van der Waals surface area contributed by atoms with Gasteiger partial charge in [0.25, 0.3) is 5.91 Å². The molecule has 1 aromatic heterocycles. The van der Waals surface area contributed by atoms with Gasteiger partial charge < -0.3 is 19.6 Å². The highest BCUT2D eigenvalue weighted by molar-refractivity contribution is 5.96. The third-order valence-corrected chi connectivity index (χ3v) is 3.76. The van der Waals surface area contributed by atoms with Crippen LogP contribution in [-0.2, 0) is 4.74 Å². The van der Waals surface area contributed by atoms with Crippen molar-refractivity contribution in [1.82, 2.24) is 5.32 Å². The third-order valence-electron chi connectivity index (χ3n) is 3.76. The summed E-state index contributed by atoms with van der Waals surface area (Å²) in [6.45, 7) is 0.771. The van der Waals surface area contributed by atoms with E-state index in [9.17, 15) is 9.90 Å². The van der Waals surface area contributed by atoms with E-state index in [0.717, 1.165) is 11.1 Å². The van der Waals surface area contributed by atoms with Crippen molar-refractivity contribution < 1.29 is 19.1 Å². The molecule has 1 amide bonds. The van der Waals surface area contributed by atoms with E-state index in [2.05, 4.69) is 5.32 Å². The Bertz CT molecular complexity index is 615. The van der Waals surface area contributed by atoms with E-state index in [0.29, 0.717) is 25.2 Å². The highest BCUT2D eigenvalue weighted by Crippen LogP contribution is 2.22. The first-order chi connectivity index (χ1) is 10.2. The second-order valence-electron chi connectivity index (χ2n) is 5.29. The lowest BCUT2D eigenvalue weighted by molar-refractivity contribution is 0.0789. The van der Waals surface area contributed by atoms with Gasteiger partial charge in [-0.3, -0.25) is 4.79 Å². The highest BCUT2D eigenvalue weighted by Gasteiger charge is 2.36. The van der Waals surface area contributed by atoms with E-state index in [1.165, 1.54) is 0 Å². The zero-order valence-corrected chi connectivity index (χ0v) is 11.5. The van der Waals surface area contributed by atoms with Crippen molar-refractivity contribution >= 4 is 5.91 Å². The largest absolute Gasteiger partial charge is 0.472 e. The molecule has 2 aromatic rings. The summed E-state index contributed by atoms with van der Waals surface area (Å²) < 4.78 is 10.3. The van der Waals surface area contributed by atoms with Crippen LogP contribution < -0.4 is 5.32 Å². The molecule has 1 atom stereocenters. The van der Waals surface area contributed by atoms with E-state index in [4.69, 9.17) is 9.15 Å². The number of carbonyl (C=O) groups is 1. The Morgan fingerprint density at radius 3 is 2.90 bits per heavy atom. The van der Waals surface area contributed by atoms with Crippen LogP contribution in [0.2, 0.25) is 0 Å². The molecule has 1 aromatic carbocycles. The van der Waals surface area contributed by atoms with Crippen molar-refractivity contribution in [3.63, 3.8) is 0 Å². The molecule has 21 heavy (non-hydrogen) atoms. The maximum Gasteiger partial charge on any atom is 0.251 e. The van der Waals surface area contributed by atoms with Crippen LogP contribution in [0.25, 0.3) is 11.1 Å². The second-order valence-corrected chi connectivity index (χ2v) is 5.29. The van der Waals surface area contributed by atoms with Gasteiger partial charge in [-0.2, -0.15) is 0 Å². The summed E-state index contributed by atoms with van der Waals surface area (Å²) >= 11 is 0. The molecule has 2 heterocycles. The van der Waals surface area contributed by atoms with Crippen molar-refractivity contribution in [3.8, 4) is 11.1 Å². The normalized spacial score (nSPS) is 21.4. The number of rotatable bonds is 4. The van der Waals surface area contributed by atoms with Crippen LogP contribution in [0.15, 0.2) is 47.3 Å². The van der Waals surface area contributed by atoms with Gasteiger partial charge >= 0.3 is 0 Å². The standard InChI is InChI=1S/C16H17NO4/c18-10-16(5-7-21-11-16)17-15(19)13-3-1-2-12(8-13)14-4-6-20-9-14/h1-4,6,8-9,18H,5,7,10-11H2,(H,17,19). The maximum absolute atomic E-state index is 12.4. The summed E-state index contributed by atoms with van der Waals surface area (Å²) in [6, 6.07) is 9.15. The van der Waals surface area contributed by atoms with Crippen LogP contribution in [0.1, 0.15) is 16.8 Å². The fraction of sp³-hybridized carbons (Fsp3) is 0.312. The fourth-order valence-corrected chi connectivity index (χ4v) is 2.45. The Morgan fingerprint density at radius 1 is 1.33 bits per heavy atom. The number of aliphatic hydroxyl groups excluding tert-OH is 1. The van der Waals surface area contributed by atoms with Crippen molar-refractivity contribution in [2.24, 2.45) is 0 Å². The molecule has 0 saturated carbocycles. The monoisotopic (exact) mass is 287 g/mol. The van der Waals surface area contributed by atoms with Crippen molar-refractivity contribution in [2.45, 2.75) is 12.0 Å². The summed E-state index contributed by atoms with van der Waals surface area (Å²) in [5.74, 6) is -0.208. The predicted octanol–water partition coefficient (Wildman–Crippen LogP) is 1.83. The minimum atomic E-state index is -0.664. The number of amides is 1. The quantitative estimate of drug-likeness (QED) is 0.900. The Hall–Kier alpha value is -2.11. The molecular formula is C16H17NO4. The van der Waals surface area contributed by atoms with Crippen molar-refractivity contribution in [3.05, 3.63) is 48.4 Å². The fourth-order valence-electron chi connectivity index (χ4n) is 2.45. The number of nitrogens with one attached hydrogen (secondary N) is 1. The molecule has 5 heteroatoms. The zero-order valence-electron chi connectivity index (χ0n) is 11.5. The van der Waals surface area contributed by atoms with E-state index >= 15 is 0 Å². The number of benzene rings is 1. The molecule has 2 N–H and O–H groups in total. The molecular weight excluding hydrogens is 270 g/mol. The maximum atomic E-state index is 12.4. The lowest BCUT2D eigenvalue weighted by Gasteiger charge is -2.26. The van der Waals surface area contributed by atoms with Gasteiger partial charge in [-0.25, -0.2) is 0 Å². The summed E-state index contributed by atoms with van der Waals surface area (Å²) in [5, 5.41) is 12.4. The Morgan fingerprint density at radius 2 is 2.24 bits per heavy atom. The van der Waals surface area contributed by atoms with E-state index < -0.39 is 5.54 Å². The molecule has 1 aliphatic heterocycles. The lowest BCUT2D eigenvalue weighted by Crippen LogP contribution is -2.51. The second kappa shape index (κ2) is 5.71. The highest BCUT2D eigenvalue weighted by atomic mass is 16.5. The van der Waals surface area contributed by atoms with Gasteiger partial charge in [0.15, 0.2) is 0 Å². The summed E-state index contributed by atoms with van der Waals surface area (Å²) in [5.41, 5.74) is 1.72. The molecule has 1 saturated heterocycles. The Kier molecular flexibility index (Phi) is 3.77. The Balaban J connectivity index is 1.80. The Labute approximate surface area is 122 Å². The van der Waals surface area contributed by atoms with Crippen LogP contribution in [0.5, 0.6) is 0 Å². The molecule has 0 bridgehead atoms. The summed E-state index contributed by atoms with van der Waals surface area (Å²) in [7, 11) is 0. The smallest absolute Gasteiger partial charge is 0.251 e. The predicted molar refractivity (Wildman–Crippen MR) is 76.9 cm³/mol. The van der Waals surface area contributed by atoms with E-state index in [1.54, 1.807) is 24.7 Å². The van der Waals surface area contributed by atoms with E-state index in [-0.39, 0.29) is 12.5 Å². The SMILES string of the molecule is O=C(NC1(CO)CCOC1)c1cccc(-c2ccoc2)c1. The molecule has 0 spiro atoms. The lowest BCUT2D eigenvalue weighted by atomic mass is 9.98. The van der Waals surface area contributed by atoms with Gasteiger partial charge in [0, 0.05) is 17.7 Å². The summed E-state index contributed by atoms with van der Waals surface area (Å²) in [6.07, 6.45) is 3.85. The number of carbonyl (C=O) groups excluding carboxylic acids is 1. The van der Waals surface area contributed by atoms with Crippen molar-refractivity contribution in [1.29, 1.82) is 0 Å². The topological polar surface area (TPSA) is 71.7 Å². The zero-order chi connectivity index (χ0) is 14.7. The first kappa shape index (κ1) is 13.9. The van der Waals surface area contributed by atoms with Gasteiger partial charge in [-0.05, 0) is 30.2 Å². The number of hydrogen-bond acceptors (Lipinski definition) is 4. The van der Waals surface area contributed by atoms with Gasteiger partial charge in [-0.15, -0.1) is 0 Å². The van der Waals surface area contributed by atoms with Crippen LogP contribution in [0, 0.1) is 0 Å². The van der Waals surface area contributed by atoms with Gasteiger partial charge in [-0.1, -0.05) is 12.1 Å². The average Bonchev–Trinajstić information content (AvgIpc) is 3.19. The minimum Gasteiger partial charge on any atom is -0.472 e. The average molecular weight is 287 g/mol. The van der Waals surface area contributed by atoms with Crippen LogP contribution in [0.3, 0.4) is 0 Å². The number of hydrogen-bond donors (Lipinski definition) is 2. The van der Waals surface area contributed by atoms with Crippen LogP contribution in [-0.4, -0.2) is 36.4 Å². The molecule has 1 unspecified atom stereocenters. The van der Waals surface area contributed by atoms with E-state index in [1.807, 2.05) is 18.2 Å². The molecule has 1 aliphatic rings. The number of ether oxygens (including phenoxy) is 1. The molecule has 110 valence electrons. The molecule has 3 rings (SSSR count). The number of furan rings is 1. The first-order valence-electron chi connectivity index (χ1n) is 6.86. The van der Waals surface area contributed by atoms with Gasteiger partial charge in [0.2, 0.25) is 0 Å². The molecule has 0 aliphatic carbocycles. The third kappa shape index (κ3) is 2.84. The summed E-state index contributed by atoms with van der Waals surface area (Å²) in [4.78, 5) is 12.4. The van der Waals surface area contributed by atoms with Crippen LogP contribution >= 0.6 is 0 Å². The van der Waals surface area contributed by atoms with Gasteiger partial charge in [0.05, 0.1) is 31.3 Å². The first-order valence-corrected chi connectivity index (χ1v) is 6.86. The van der Waals surface area contributed by atoms with Gasteiger partial charge in [0.1, 0.15) is 0 Å². The van der Waals surface area contributed by atoms with Crippen molar-refractivity contribution in [2.75, 3.05) is 19.8 Å². The molecule has 0 radical (unpaired) electrons.